The molecule has 236 valence electrons. The quantitative estimate of drug-likeness (QED) is 0.184. The molecule has 0 fully saturated rings. The molecule has 0 bridgehead atoms. The Morgan fingerprint density at radius 1 is 0.471 bits per heavy atom. The summed E-state index contributed by atoms with van der Waals surface area (Å²) in [4.78, 5) is 10.8. The highest BCUT2D eigenvalue weighted by atomic mass is 32.1. The topological polar surface area (TPSA) is 43.9 Å². The molecule has 0 saturated heterocycles. The Balaban J connectivity index is 1.20. The molecule has 0 radical (unpaired) electrons. The number of furan rings is 1. The van der Waals surface area contributed by atoms with Crippen LogP contribution in [-0.2, 0) is 0 Å². The Morgan fingerprint density at radius 2 is 1.14 bits per heavy atom. The van der Waals surface area contributed by atoms with E-state index < -0.39 is 0 Å². The first-order valence-corrected chi connectivity index (χ1v) is 18.0. The normalized spacial score (nSPS) is 12.3. The van der Waals surface area contributed by atoms with E-state index in [-0.39, 0.29) is 0 Å². The zero-order valence-electron chi connectivity index (χ0n) is 27.1. The van der Waals surface area contributed by atoms with Crippen molar-refractivity contribution in [2.45, 2.75) is 0 Å². The molecule has 0 aliphatic carbocycles. The Kier molecular flexibility index (Phi) is 5.35. The zero-order chi connectivity index (χ0) is 33.2. The fraction of sp³-hybridized carbons (Fsp3) is 0. The van der Waals surface area contributed by atoms with Gasteiger partial charge in [0.1, 0.15) is 11.2 Å². The minimum absolute atomic E-state index is 0.655. The van der Waals surface area contributed by atoms with Gasteiger partial charge in [0, 0.05) is 52.7 Å². The largest absolute Gasteiger partial charge is 0.456 e. The molecule has 4 heterocycles. The Hall–Kier alpha value is -6.56. The van der Waals surface area contributed by atoms with Gasteiger partial charge in [-0.05, 0) is 70.1 Å². The number of hydrogen-bond donors (Lipinski definition) is 0. The molecule has 5 heteroatoms. The fourth-order valence-corrected chi connectivity index (χ4v) is 9.59. The van der Waals surface area contributed by atoms with Gasteiger partial charge in [0.2, 0.25) is 5.95 Å². The molecule has 12 rings (SSSR count). The molecule has 4 aromatic heterocycles. The molecule has 4 nitrogen and oxygen atoms in total. The third kappa shape index (κ3) is 3.73. The maximum atomic E-state index is 6.37. The van der Waals surface area contributed by atoms with Gasteiger partial charge in [-0.25, -0.2) is 9.97 Å². The van der Waals surface area contributed by atoms with E-state index >= 15 is 0 Å². The van der Waals surface area contributed by atoms with Gasteiger partial charge in [-0.3, -0.25) is 4.57 Å². The van der Waals surface area contributed by atoms with Crippen LogP contribution in [0.5, 0.6) is 0 Å². The smallest absolute Gasteiger partial charge is 0.235 e. The van der Waals surface area contributed by atoms with Crippen molar-refractivity contribution < 1.29 is 4.42 Å². The summed E-state index contributed by atoms with van der Waals surface area (Å²) in [5.41, 5.74) is 6.77. The van der Waals surface area contributed by atoms with E-state index in [1.54, 1.807) is 0 Å². The second kappa shape index (κ2) is 10.0. The predicted octanol–water partition coefficient (Wildman–Crippen LogP) is 13.0. The van der Waals surface area contributed by atoms with Crippen LogP contribution in [0.4, 0.5) is 0 Å². The standard InChI is InChI=1S/C46H25N3OS/c1-3-11-29-27(10-1)18-24-39-41(29)34-25-28(19-23-38(34)50-39)44-33-14-5-7-15-35(33)47-46(48-44)49-36-21-17-26-9-2-4-12-30(26)42(36)43-37(49)22-20-32-31-13-6-8-16-40(31)51-45(32)43/h1-25H. The van der Waals surface area contributed by atoms with Gasteiger partial charge in [-0.1, -0.05) is 103 Å². The summed E-state index contributed by atoms with van der Waals surface area (Å²) in [6, 6.07) is 53.9. The van der Waals surface area contributed by atoms with Gasteiger partial charge in [-0.2, -0.15) is 0 Å². The summed E-state index contributed by atoms with van der Waals surface area (Å²) in [6.07, 6.45) is 0. The monoisotopic (exact) mass is 667 g/mol. The van der Waals surface area contributed by atoms with E-state index in [4.69, 9.17) is 14.4 Å². The number of para-hydroxylation sites is 1. The maximum absolute atomic E-state index is 6.37. The van der Waals surface area contributed by atoms with Crippen molar-refractivity contribution in [3.63, 3.8) is 0 Å². The van der Waals surface area contributed by atoms with Crippen LogP contribution in [0, 0.1) is 0 Å². The average molecular weight is 668 g/mol. The summed E-state index contributed by atoms with van der Waals surface area (Å²) >= 11 is 1.87. The van der Waals surface area contributed by atoms with Crippen molar-refractivity contribution in [1.82, 2.24) is 14.5 Å². The van der Waals surface area contributed by atoms with Crippen LogP contribution in [0.3, 0.4) is 0 Å². The molecule has 12 aromatic rings. The van der Waals surface area contributed by atoms with E-state index in [0.29, 0.717) is 5.95 Å². The molecule has 0 saturated carbocycles. The van der Waals surface area contributed by atoms with E-state index in [1.165, 1.54) is 52.5 Å². The molecule has 0 spiro atoms. The van der Waals surface area contributed by atoms with Gasteiger partial charge in [0.05, 0.1) is 22.2 Å². The number of rotatable bonds is 2. The van der Waals surface area contributed by atoms with E-state index in [9.17, 15) is 0 Å². The molecule has 0 atom stereocenters. The first-order valence-electron chi connectivity index (χ1n) is 17.2. The number of hydrogen-bond acceptors (Lipinski definition) is 4. The first-order chi connectivity index (χ1) is 25.3. The van der Waals surface area contributed by atoms with Crippen molar-refractivity contribution >= 4 is 108 Å². The lowest BCUT2D eigenvalue weighted by atomic mass is 10.0. The SMILES string of the molecule is c1ccc2c(c1)ccc1oc3ccc(-c4nc(-n5c6ccc7ccccc7c6c6c7sc8ccccc8c7ccc65)nc5ccccc45)cc3c12. The average Bonchev–Trinajstić information content (AvgIpc) is 3.87. The van der Waals surface area contributed by atoms with Gasteiger partial charge in [0.25, 0.3) is 0 Å². The van der Waals surface area contributed by atoms with Crippen LogP contribution in [-0.4, -0.2) is 14.5 Å². The van der Waals surface area contributed by atoms with Crippen LogP contribution < -0.4 is 0 Å². The number of benzene rings is 8. The molecule has 51 heavy (non-hydrogen) atoms. The lowest BCUT2D eigenvalue weighted by Crippen LogP contribution is -2.03. The Bertz CT molecular complexity index is 3440. The minimum atomic E-state index is 0.655. The highest BCUT2D eigenvalue weighted by Crippen LogP contribution is 2.45. The molecule has 0 unspecified atom stereocenters. The summed E-state index contributed by atoms with van der Waals surface area (Å²) in [6.45, 7) is 0. The van der Waals surface area contributed by atoms with Crippen molar-refractivity contribution in [2.75, 3.05) is 0 Å². The summed E-state index contributed by atoms with van der Waals surface area (Å²) < 4.78 is 11.2. The zero-order valence-corrected chi connectivity index (χ0v) is 27.9. The molecule has 0 aliphatic rings. The van der Waals surface area contributed by atoms with Crippen LogP contribution >= 0.6 is 11.3 Å². The van der Waals surface area contributed by atoms with Crippen LogP contribution in [0.1, 0.15) is 0 Å². The predicted molar refractivity (Wildman–Crippen MR) is 214 cm³/mol. The molecule has 8 aromatic carbocycles. The number of fused-ring (bicyclic) bond motifs is 15. The fourth-order valence-electron chi connectivity index (χ4n) is 8.34. The maximum Gasteiger partial charge on any atom is 0.235 e. The van der Waals surface area contributed by atoms with Crippen molar-refractivity contribution in [3.8, 4) is 17.2 Å². The molecule has 0 aliphatic heterocycles. The second-order valence-electron chi connectivity index (χ2n) is 13.3. The van der Waals surface area contributed by atoms with E-state index in [2.05, 4.69) is 156 Å². The molecule has 0 N–H and O–H groups in total. The Morgan fingerprint density at radius 3 is 2.00 bits per heavy atom. The van der Waals surface area contributed by atoms with Crippen molar-refractivity contribution in [3.05, 3.63) is 152 Å². The van der Waals surface area contributed by atoms with Gasteiger partial charge < -0.3 is 4.42 Å². The third-order valence-corrected chi connectivity index (χ3v) is 11.8. The van der Waals surface area contributed by atoms with Gasteiger partial charge in [0.15, 0.2) is 0 Å². The number of thiophene rings is 1. The summed E-state index contributed by atoms with van der Waals surface area (Å²) in [7, 11) is 0. The minimum Gasteiger partial charge on any atom is -0.456 e. The van der Waals surface area contributed by atoms with E-state index in [1.807, 2.05) is 11.3 Å². The van der Waals surface area contributed by atoms with Gasteiger partial charge in [-0.15, -0.1) is 11.3 Å². The lowest BCUT2D eigenvalue weighted by Gasteiger charge is -2.12. The third-order valence-electron chi connectivity index (χ3n) is 10.6. The van der Waals surface area contributed by atoms with Crippen LogP contribution in [0.25, 0.3) is 114 Å². The second-order valence-corrected chi connectivity index (χ2v) is 14.4. The molecule has 0 amide bonds. The van der Waals surface area contributed by atoms with Crippen molar-refractivity contribution in [1.29, 1.82) is 0 Å². The van der Waals surface area contributed by atoms with Crippen molar-refractivity contribution in [2.24, 2.45) is 0 Å². The number of nitrogens with zero attached hydrogens (tertiary/aromatic N) is 3. The Labute approximate surface area is 294 Å². The highest BCUT2D eigenvalue weighted by molar-refractivity contribution is 7.26. The first kappa shape index (κ1) is 27.3. The summed E-state index contributed by atoms with van der Waals surface area (Å²) in [5, 5.41) is 13.1. The summed E-state index contributed by atoms with van der Waals surface area (Å²) in [5.74, 6) is 0.655. The van der Waals surface area contributed by atoms with E-state index in [0.717, 1.165) is 55.1 Å². The number of aromatic nitrogens is 3. The lowest BCUT2D eigenvalue weighted by molar-refractivity contribution is 0.669. The molecular formula is C46H25N3OS. The highest BCUT2D eigenvalue weighted by Gasteiger charge is 2.22. The van der Waals surface area contributed by atoms with Gasteiger partial charge >= 0.3 is 0 Å². The van der Waals surface area contributed by atoms with Crippen LogP contribution in [0.2, 0.25) is 0 Å². The molecular weight excluding hydrogens is 643 g/mol. The van der Waals surface area contributed by atoms with Crippen LogP contribution in [0.15, 0.2) is 156 Å².